The fourth-order valence-electron chi connectivity index (χ4n) is 2.44. The second kappa shape index (κ2) is 5.59. The van der Waals surface area contributed by atoms with E-state index in [9.17, 15) is 8.42 Å². The number of hydrogen-bond donors (Lipinski definition) is 0. The first-order valence-electron chi connectivity index (χ1n) is 6.12. The lowest BCUT2D eigenvalue weighted by Gasteiger charge is -2.26. The van der Waals surface area contributed by atoms with Crippen molar-refractivity contribution in [1.29, 1.82) is 0 Å². The lowest BCUT2D eigenvalue weighted by Crippen LogP contribution is -2.40. The summed E-state index contributed by atoms with van der Waals surface area (Å²) >= 11 is 5.75. The van der Waals surface area contributed by atoms with Crippen molar-refractivity contribution in [3.63, 3.8) is 0 Å². The van der Waals surface area contributed by atoms with Gasteiger partial charge in [0, 0.05) is 31.7 Å². The van der Waals surface area contributed by atoms with Crippen LogP contribution < -0.4 is 0 Å². The van der Waals surface area contributed by atoms with E-state index in [0.717, 1.165) is 25.7 Å². The van der Waals surface area contributed by atoms with E-state index in [4.69, 9.17) is 11.6 Å². The number of sulfonamides is 1. The van der Waals surface area contributed by atoms with Crippen molar-refractivity contribution in [3.8, 4) is 0 Å². The smallest absolute Gasteiger partial charge is 0.246 e. The summed E-state index contributed by atoms with van der Waals surface area (Å²) in [6, 6.07) is 0.0916. The monoisotopic (exact) mass is 291 g/mol. The van der Waals surface area contributed by atoms with Gasteiger partial charge in [-0.1, -0.05) is 12.8 Å². The molecule has 0 bridgehead atoms. The number of alkyl halides is 1. The summed E-state index contributed by atoms with van der Waals surface area (Å²) in [7, 11) is -1.75. The van der Waals surface area contributed by atoms with Gasteiger partial charge in [-0.05, 0) is 12.8 Å². The predicted octanol–water partition coefficient (Wildman–Crippen LogP) is 1.59. The van der Waals surface area contributed by atoms with Gasteiger partial charge in [0.2, 0.25) is 10.0 Å². The molecule has 0 atom stereocenters. The molecule has 0 N–H and O–H groups in total. The molecular weight excluding hydrogens is 274 g/mol. The standard InChI is InChI=1S/C11H18ClN3O2S/c1-14-9-11(8-13-14)18(16,17)15(7-6-12)10-4-2-3-5-10/h8-10H,2-7H2,1H3. The molecule has 1 aliphatic carbocycles. The topological polar surface area (TPSA) is 55.2 Å². The van der Waals surface area contributed by atoms with Crippen LogP contribution in [-0.4, -0.2) is 41.0 Å². The lowest BCUT2D eigenvalue weighted by molar-refractivity contribution is 0.337. The molecule has 0 amide bonds. The predicted molar refractivity (Wildman–Crippen MR) is 70.1 cm³/mol. The first-order chi connectivity index (χ1) is 8.55. The summed E-state index contributed by atoms with van der Waals surface area (Å²) in [6.45, 7) is 0.365. The van der Waals surface area contributed by atoms with Gasteiger partial charge in [0.1, 0.15) is 4.90 Å². The van der Waals surface area contributed by atoms with E-state index >= 15 is 0 Å². The van der Waals surface area contributed by atoms with Crippen LogP contribution in [-0.2, 0) is 17.1 Å². The van der Waals surface area contributed by atoms with Crippen LogP contribution >= 0.6 is 11.6 Å². The number of nitrogens with zero attached hydrogens (tertiary/aromatic N) is 3. The normalized spacial score (nSPS) is 17.7. The quantitative estimate of drug-likeness (QED) is 0.774. The van der Waals surface area contributed by atoms with Crippen molar-refractivity contribution in [2.45, 2.75) is 36.6 Å². The summed E-state index contributed by atoms with van der Waals surface area (Å²) in [5.41, 5.74) is 0. The van der Waals surface area contributed by atoms with Gasteiger partial charge in [0.05, 0.1) is 6.20 Å². The van der Waals surface area contributed by atoms with E-state index in [1.807, 2.05) is 0 Å². The van der Waals surface area contributed by atoms with E-state index in [0.29, 0.717) is 12.4 Å². The Hall–Kier alpha value is -0.590. The van der Waals surface area contributed by atoms with Gasteiger partial charge in [-0.25, -0.2) is 8.42 Å². The number of rotatable bonds is 5. The molecule has 102 valence electrons. The molecule has 1 aliphatic rings. The zero-order valence-electron chi connectivity index (χ0n) is 10.4. The molecule has 2 rings (SSSR count). The Morgan fingerprint density at radius 1 is 1.50 bits per heavy atom. The zero-order valence-corrected chi connectivity index (χ0v) is 12.0. The highest BCUT2D eigenvalue weighted by Crippen LogP contribution is 2.28. The molecule has 1 heterocycles. The average Bonchev–Trinajstić information content (AvgIpc) is 2.96. The van der Waals surface area contributed by atoms with Gasteiger partial charge < -0.3 is 0 Å². The molecule has 1 aromatic heterocycles. The minimum absolute atomic E-state index is 0.0916. The van der Waals surface area contributed by atoms with Crippen LogP contribution in [0.25, 0.3) is 0 Å². The van der Waals surface area contributed by atoms with E-state index in [1.54, 1.807) is 11.4 Å². The Kier molecular flexibility index (Phi) is 4.29. The van der Waals surface area contributed by atoms with Crippen molar-refractivity contribution >= 4 is 21.6 Å². The Morgan fingerprint density at radius 3 is 2.67 bits per heavy atom. The average molecular weight is 292 g/mol. The lowest BCUT2D eigenvalue weighted by atomic mass is 10.2. The summed E-state index contributed by atoms with van der Waals surface area (Å²) in [6.07, 6.45) is 6.96. The SMILES string of the molecule is Cn1cc(S(=O)(=O)N(CCCl)C2CCCC2)cn1. The van der Waals surface area contributed by atoms with Crippen molar-refractivity contribution in [1.82, 2.24) is 14.1 Å². The maximum atomic E-state index is 12.5. The van der Waals surface area contributed by atoms with E-state index in [-0.39, 0.29) is 10.9 Å². The number of aryl methyl sites for hydroxylation is 1. The molecule has 1 saturated carbocycles. The second-order valence-electron chi connectivity index (χ2n) is 4.59. The zero-order chi connectivity index (χ0) is 13.2. The van der Waals surface area contributed by atoms with Gasteiger partial charge in [-0.2, -0.15) is 9.40 Å². The molecule has 0 spiro atoms. The largest absolute Gasteiger partial charge is 0.274 e. The van der Waals surface area contributed by atoms with Crippen molar-refractivity contribution in [2.24, 2.45) is 7.05 Å². The third-order valence-corrected chi connectivity index (χ3v) is 5.40. The third kappa shape index (κ3) is 2.70. The Morgan fingerprint density at radius 2 is 2.17 bits per heavy atom. The summed E-state index contributed by atoms with van der Waals surface area (Å²) in [4.78, 5) is 0.252. The van der Waals surface area contributed by atoms with Gasteiger partial charge in [-0.3, -0.25) is 4.68 Å². The molecule has 0 radical (unpaired) electrons. The van der Waals surface area contributed by atoms with Gasteiger partial charge >= 0.3 is 0 Å². The summed E-state index contributed by atoms with van der Waals surface area (Å²) < 4.78 is 28.1. The van der Waals surface area contributed by atoms with E-state index in [1.165, 1.54) is 17.1 Å². The van der Waals surface area contributed by atoms with Crippen LogP contribution in [0.2, 0.25) is 0 Å². The van der Waals surface area contributed by atoms with Gasteiger partial charge in [0.25, 0.3) is 0 Å². The van der Waals surface area contributed by atoms with Crippen LogP contribution in [0.5, 0.6) is 0 Å². The summed E-state index contributed by atoms with van der Waals surface area (Å²) in [5.74, 6) is 0.315. The third-order valence-electron chi connectivity index (χ3n) is 3.32. The van der Waals surface area contributed by atoms with Crippen LogP contribution in [0.1, 0.15) is 25.7 Å². The Bertz CT molecular complexity index is 494. The van der Waals surface area contributed by atoms with E-state index in [2.05, 4.69) is 5.10 Å². The van der Waals surface area contributed by atoms with Crippen LogP contribution in [0, 0.1) is 0 Å². The van der Waals surface area contributed by atoms with Crippen molar-refractivity contribution in [3.05, 3.63) is 12.4 Å². The first-order valence-corrected chi connectivity index (χ1v) is 8.09. The minimum atomic E-state index is -3.46. The maximum Gasteiger partial charge on any atom is 0.246 e. The fourth-order valence-corrected chi connectivity index (χ4v) is 4.40. The molecule has 1 fully saturated rings. The number of halogens is 1. The fraction of sp³-hybridized carbons (Fsp3) is 0.727. The van der Waals surface area contributed by atoms with Gasteiger partial charge in [-0.15, -0.1) is 11.6 Å². The molecule has 18 heavy (non-hydrogen) atoms. The van der Waals surface area contributed by atoms with Crippen molar-refractivity contribution in [2.75, 3.05) is 12.4 Å². The molecular formula is C11H18ClN3O2S. The summed E-state index contributed by atoms with van der Waals surface area (Å²) in [5, 5.41) is 3.93. The minimum Gasteiger partial charge on any atom is -0.274 e. The molecule has 0 aliphatic heterocycles. The molecule has 0 saturated heterocycles. The second-order valence-corrected chi connectivity index (χ2v) is 6.86. The van der Waals surface area contributed by atoms with Crippen LogP contribution in [0.3, 0.4) is 0 Å². The highest BCUT2D eigenvalue weighted by Gasteiger charge is 2.33. The number of hydrogen-bond acceptors (Lipinski definition) is 3. The molecule has 0 aromatic carbocycles. The molecule has 7 heteroatoms. The highest BCUT2D eigenvalue weighted by molar-refractivity contribution is 7.89. The Labute approximate surface area is 113 Å². The highest BCUT2D eigenvalue weighted by atomic mass is 35.5. The number of aromatic nitrogens is 2. The van der Waals surface area contributed by atoms with Crippen LogP contribution in [0.4, 0.5) is 0 Å². The molecule has 5 nitrogen and oxygen atoms in total. The maximum absolute atomic E-state index is 12.5. The van der Waals surface area contributed by atoms with Crippen molar-refractivity contribution < 1.29 is 8.42 Å². The molecule has 1 aromatic rings. The molecule has 0 unspecified atom stereocenters. The van der Waals surface area contributed by atoms with E-state index < -0.39 is 10.0 Å². The Balaban J connectivity index is 2.28. The first kappa shape index (κ1) is 13.8. The van der Waals surface area contributed by atoms with Crippen LogP contribution in [0.15, 0.2) is 17.3 Å². The van der Waals surface area contributed by atoms with Gasteiger partial charge in [0.15, 0.2) is 0 Å².